The van der Waals surface area contributed by atoms with Gasteiger partial charge in [0.2, 0.25) is 0 Å². The van der Waals surface area contributed by atoms with Crippen molar-refractivity contribution in [3.05, 3.63) is 77.9 Å². The molecule has 0 aliphatic heterocycles. The molecule has 0 bridgehead atoms. The minimum Gasteiger partial charge on any atom is -0.454 e. The number of rotatable bonds is 4. The molecule has 0 fully saturated rings. The second-order valence-electron chi connectivity index (χ2n) is 5.64. The van der Waals surface area contributed by atoms with Crippen molar-refractivity contribution in [3.8, 4) is 11.5 Å². The number of halogens is 4. The molecule has 2 aromatic carbocycles. The quantitative estimate of drug-likeness (QED) is 0.571. The average Bonchev–Trinajstić information content (AvgIpc) is 2.57. The Balaban J connectivity index is 1.81. The Bertz CT molecular complexity index is 911. The lowest BCUT2D eigenvalue weighted by atomic mass is 10.1. The number of nitrogens with zero attached hydrogens (tertiary/aromatic N) is 1. The van der Waals surface area contributed by atoms with E-state index in [4.69, 9.17) is 4.74 Å². The first-order valence-corrected chi connectivity index (χ1v) is 7.64. The Hall–Kier alpha value is -3.09. The van der Waals surface area contributed by atoms with Crippen LogP contribution in [0.25, 0.3) is 0 Å². The first kappa shape index (κ1) is 17.7. The molecule has 26 heavy (non-hydrogen) atoms. The fourth-order valence-corrected chi connectivity index (χ4v) is 2.38. The maximum atomic E-state index is 14.2. The number of aromatic nitrogens is 1. The van der Waals surface area contributed by atoms with Crippen LogP contribution in [0.5, 0.6) is 11.5 Å². The number of pyridine rings is 1. The summed E-state index contributed by atoms with van der Waals surface area (Å²) in [5, 5.41) is 2.78. The second-order valence-corrected chi connectivity index (χ2v) is 5.64. The van der Waals surface area contributed by atoms with Crippen molar-refractivity contribution in [2.24, 2.45) is 0 Å². The van der Waals surface area contributed by atoms with Crippen LogP contribution in [0.4, 0.5) is 28.9 Å². The van der Waals surface area contributed by atoms with Gasteiger partial charge in [-0.3, -0.25) is 4.98 Å². The number of nitrogens with one attached hydrogen (secondary N) is 1. The van der Waals surface area contributed by atoms with Crippen LogP contribution in [0, 0.1) is 12.7 Å². The molecule has 0 saturated heterocycles. The molecule has 0 atom stereocenters. The summed E-state index contributed by atoms with van der Waals surface area (Å²) in [5.74, 6) is -0.217. The van der Waals surface area contributed by atoms with Gasteiger partial charge in [-0.15, -0.1) is 0 Å². The second kappa shape index (κ2) is 7.03. The molecule has 1 N–H and O–H groups in total. The fourth-order valence-electron chi connectivity index (χ4n) is 2.38. The maximum absolute atomic E-state index is 14.2. The van der Waals surface area contributed by atoms with Crippen molar-refractivity contribution in [2.75, 3.05) is 5.32 Å². The van der Waals surface area contributed by atoms with Crippen LogP contribution in [-0.2, 0) is 6.18 Å². The molecule has 0 aliphatic carbocycles. The van der Waals surface area contributed by atoms with Gasteiger partial charge in [0.1, 0.15) is 5.75 Å². The molecule has 0 aliphatic rings. The third-order valence-corrected chi connectivity index (χ3v) is 3.50. The largest absolute Gasteiger partial charge is 0.454 e. The van der Waals surface area contributed by atoms with Gasteiger partial charge in [0.05, 0.1) is 5.56 Å². The monoisotopic (exact) mass is 362 g/mol. The molecule has 0 unspecified atom stereocenters. The van der Waals surface area contributed by atoms with Gasteiger partial charge >= 0.3 is 6.18 Å². The molecule has 3 nitrogen and oxygen atoms in total. The van der Waals surface area contributed by atoms with Gasteiger partial charge in [0.15, 0.2) is 11.6 Å². The fraction of sp³-hybridized carbons (Fsp3) is 0.105. The summed E-state index contributed by atoms with van der Waals surface area (Å²) in [4.78, 5) is 3.84. The van der Waals surface area contributed by atoms with Crippen molar-refractivity contribution >= 4 is 11.4 Å². The van der Waals surface area contributed by atoms with Crippen molar-refractivity contribution in [2.45, 2.75) is 13.1 Å². The molecule has 7 heteroatoms. The van der Waals surface area contributed by atoms with E-state index in [2.05, 4.69) is 10.3 Å². The highest BCUT2D eigenvalue weighted by Crippen LogP contribution is 2.33. The van der Waals surface area contributed by atoms with E-state index in [0.29, 0.717) is 17.0 Å². The molecule has 0 radical (unpaired) electrons. The van der Waals surface area contributed by atoms with E-state index in [0.717, 1.165) is 18.2 Å². The zero-order chi connectivity index (χ0) is 18.7. The molecular formula is C19H14F4N2O. The highest BCUT2D eigenvalue weighted by molar-refractivity contribution is 5.62. The van der Waals surface area contributed by atoms with Gasteiger partial charge in [-0.2, -0.15) is 13.2 Å². The van der Waals surface area contributed by atoms with E-state index in [1.54, 1.807) is 25.1 Å². The number of aryl methyl sites for hydroxylation is 1. The first-order chi connectivity index (χ1) is 12.3. The van der Waals surface area contributed by atoms with E-state index in [1.165, 1.54) is 24.5 Å². The van der Waals surface area contributed by atoms with E-state index in [9.17, 15) is 17.6 Å². The van der Waals surface area contributed by atoms with E-state index >= 15 is 0 Å². The third kappa shape index (κ3) is 4.30. The standard InChI is InChI=1S/C19H14F4N2O/c1-12-8-13(19(21,22)23)10-15(9-12)25-14-2-3-18(17(20)11-14)26-16-4-6-24-7-5-16/h2-11,25H,1H3. The molecule has 1 aromatic heterocycles. The van der Waals surface area contributed by atoms with E-state index in [1.807, 2.05) is 0 Å². The Morgan fingerprint density at radius 2 is 1.65 bits per heavy atom. The Morgan fingerprint density at radius 1 is 0.923 bits per heavy atom. The lowest BCUT2D eigenvalue weighted by Gasteiger charge is -2.13. The van der Waals surface area contributed by atoms with Crippen LogP contribution in [-0.4, -0.2) is 4.98 Å². The van der Waals surface area contributed by atoms with Crippen LogP contribution in [0.1, 0.15) is 11.1 Å². The van der Waals surface area contributed by atoms with Crippen LogP contribution >= 0.6 is 0 Å². The predicted molar refractivity (Wildman–Crippen MR) is 90.2 cm³/mol. The molecule has 1 heterocycles. The lowest BCUT2D eigenvalue weighted by molar-refractivity contribution is -0.137. The number of hydrogen-bond donors (Lipinski definition) is 1. The maximum Gasteiger partial charge on any atom is 0.416 e. The van der Waals surface area contributed by atoms with E-state index in [-0.39, 0.29) is 11.4 Å². The first-order valence-electron chi connectivity index (χ1n) is 7.64. The number of ether oxygens (including phenoxy) is 1. The summed E-state index contributed by atoms with van der Waals surface area (Å²) in [5.41, 5.74) is 0.210. The summed E-state index contributed by atoms with van der Waals surface area (Å²) in [6.07, 6.45) is -1.42. The smallest absolute Gasteiger partial charge is 0.416 e. The highest BCUT2D eigenvalue weighted by Gasteiger charge is 2.30. The van der Waals surface area contributed by atoms with Gasteiger partial charge < -0.3 is 10.1 Å². The van der Waals surface area contributed by atoms with E-state index < -0.39 is 17.6 Å². The van der Waals surface area contributed by atoms with Gasteiger partial charge in [-0.05, 0) is 55.0 Å². The molecule has 134 valence electrons. The molecule has 0 saturated carbocycles. The summed E-state index contributed by atoms with van der Waals surface area (Å²) >= 11 is 0. The molecule has 0 spiro atoms. The number of alkyl halides is 3. The van der Waals surface area contributed by atoms with Gasteiger partial charge in [-0.1, -0.05) is 0 Å². The normalized spacial score (nSPS) is 11.3. The SMILES string of the molecule is Cc1cc(Nc2ccc(Oc3ccncc3)c(F)c2)cc(C(F)(F)F)c1. The minimum atomic E-state index is -4.45. The zero-order valence-electron chi connectivity index (χ0n) is 13.6. The van der Waals surface area contributed by atoms with Crippen LogP contribution in [0.15, 0.2) is 60.9 Å². The lowest BCUT2D eigenvalue weighted by Crippen LogP contribution is -2.06. The van der Waals surface area contributed by atoms with Crippen molar-refractivity contribution < 1.29 is 22.3 Å². The summed E-state index contributed by atoms with van der Waals surface area (Å²) < 4.78 is 58.3. The molecule has 3 aromatic rings. The Morgan fingerprint density at radius 3 is 2.31 bits per heavy atom. The summed E-state index contributed by atoms with van der Waals surface area (Å²) in [6.45, 7) is 1.56. The topological polar surface area (TPSA) is 34.1 Å². The Labute approximate surface area is 147 Å². The molecule has 3 rings (SSSR count). The number of anilines is 2. The number of hydrogen-bond acceptors (Lipinski definition) is 3. The van der Waals surface area contributed by atoms with Gasteiger partial charge in [-0.25, -0.2) is 4.39 Å². The molecular weight excluding hydrogens is 348 g/mol. The number of benzene rings is 2. The van der Waals surface area contributed by atoms with Crippen LogP contribution in [0.3, 0.4) is 0 Å². The van der Waals surface area contributed by atoms with Crippen molar-refractivity contribution in [3.63, 3.8) is 0 Å². The van der Waals surface area contributed by atoms with Gasteiger partial charge in [0, 0.05) is 29.8 Å². The average molecular weight is 362 g/mol. The van der Waals surface area contributed by atoms with Crippen LogP contribution < -0.4 is 10.1 Å². The van der Waals surface area contributed by atoms with Crippen molar-refractivity contribution in [1.29, 1.82) is 0 Å². The summed E-state index contributed by atoms with van der Waals surface area (Å²) in [7, 11) is 0. The Kier molecular flexibility index (Phi) is 4.79. The predicted octanol–water partition coefficient (Wildman–Crippen LogP) is 6.08. The highest BCUT2D eigenvalue weighted by atomic mass is 19.4. The van der Waals surface area contributed by atoms with Gasteiger partial charge in [0.25, 0.3) is 0 Å². The third-order valence-electron chi connectivity index (χ3n) is 3.50. The van der Waals surface area contributed by atoms with Crippen LogP contribution in [0.2, 0.25) is 0 Å². The minimum absolute atomic E-state index is 0.00183. The summed E-state index contributed by atoms with van der Waals surface area (Å²) in [6, 6.07) is 10.8. The molecule has 0 amide bonds. The zero-order valence-corrected chi connectivity index (χ0v) is 13.6. The van der Waals surface area contributed by atoms with Crippen molar-refractivity contribution in [1.82, 2.24) is 4.98 Å².